The number of rotatable bonds is 3. The number of hydrogen-bond donors (Lipinski definition) is 0. The first-order valence-corrected chi connectivity index (χ1v) is 8.10. The Labute approximate surface area is 131 Å². The van der Waals surface area contributed by atoms with Crippen LogP contribution in [0.4, 0.5) is 0 Å². The van der Waals surface area contributed by atoms with Crippen LogP contribution in [0.2, 0.25) is 0 Å². The summed E-state index contributed by atoms with van der Waals surface area (Å²) >= 11 is 1.60. The molecule has 0 unspecified atom stereocenters. The standard InChI is InChI=1S/C15H16N6S/c1-9(2)8-12-19-21-14(17-18-15(21)22-12)13-10(3)16-11-6-4-5-7-20(11)13/h4-7,9H,8H2,1-3H3. The van der Waals surface area contributed by atoms with E-state index in [9.17, 15) is 0 Å². The number of aromatic nitrogens is 6. The van der Waals surface area contributed by atoms with Crippen LogP contribution in [0.3, 0.4) is 0 Å². The van der Waals surface area contributed by atoms with Gasteiger partial charge >= 0.3 is 0 Å². The molecule has 0 aliphatic heterocycles. The molecular formula is C15H16N6S. The lowest BCUT2D eigenvalue weighted by atomic mass is 10.1. The molecule has 4 aromatic heterocycles. The minimum absolute atomic E-state index is 0.574. The van der Waals surface area contributed by atoms with Crippen molar-refractivity contribution in [2.75, 3.05) is 0 Å². The summed E-state index contributed by atoms with van der Waals surface area (Å²) in [5, 5.41) is 14.4. The molecule has 0 fully saturated rings. The lowest BCUT2D eigenvalue weighted by Gasteiger charge is -2.00. The van der Waals surface area contributed by atoms with E-state index >= 15 is 0 Å². The molecule has 22 heavy (non-hydrogen) atoms. The normalized spacial score (nSPS) is 12.0. The maximum atomic E-state index is 4.69. The molecule has 4 aromatic rings. The predicted molar refractivity (Wildman–Crippen MR) is 86.1 cm³/mol. The maximum Gasteiger partial charge on any atom is 0.235 e. The Hall–Kier alpha value is -2.28. The second-order valence-corrected chi connectivity index (χ2v) is 6.83. The average molecular weight is 312 g/mol. The van der Waals surface area contributed by atoms with Crippen molar-refractivity contribution in [3.05, 3.63) is 35.1 Å². The summed E-state index contributed by atoms with van der Waals surface area (Å²) in [5.74, 6) is 1.32. The molecule has 6 nitrogen and oxygen atoms in total. The molecule has 0 aliphatic carbocycles. The highest BCUT2D eigenvalue weighted by Crippen LogP contribution is 2.26. The van der Waals surface area contributed by atoms with E-state index in [0.29, 0.717) is 5.92 Å². The molecule has 7 heteroatoms. The Morgan fingerprint density at radius 1 is 1.23 bits per heavy atom. The van der Waals surface area contributed by atoms with E-state index in [-0.39, 0.29) is 0 Å². The van der Waals surface area contributed by atoms with E-state index in [4.69, 9.17) is 0 Å². The molecule has 0 saturated carbocycles. The summed E-state index contributed by atoms with van der Waals surface area (Å²) in [6.45, 7) is 6.38. The second kappa shape index (κ2) is 4.88. The molecule has 0 atom stereocenters. The highest BCUT2D eigenvalue weighted by molar-refractivity contribution is 7.16. The summed E-state index contributed by atoms with van der Waals surface area (Å²) in [5.41, 5.74) is 2.78. The van der Waals surface area contributed by atoms with Crippen LogP contribution < -0.4 is 0 Å². The lowest BCUT2D eigenvalue weighted by molar-refractivity contribution is 0.636. The molecule has 0 aliphatic rings. The van der Waals surface area contributed by atoms with Crippen molar-refractivity contribution in [3.8, 4) is 11.5 Å². The largest absolute Gasteiger partial charge is 0.297 e. The van der Waals surface area contributed by atoms with Crippen LogP contribution in [0.15, 0.2) is 24.4 Å². The molecule has 0 bridgehead atoms. The molecule has 0 saturated heterocycles. The zero-order valence-electron chi connectivity index (χ0n) is 12.7. The first-order valence-electron chi connectivity index (χ1n) is 7.28. The smallest absolute Gasteiger partial charge is 0.235 e. The van der Waals surface area contributed by atoms with Gasteiger partial charge in [-0.2, -0.15) is 9.61 Å². The number of imidazole rings is 1. The molecule has 0 aromatic carbocycles. The zero-order chi connectivity index (χ0) is 15.3. The van der Waals surface area contributed by atoms with E-state index in [0.717, 1.165) is 39.2 Å². The predicted octanol–water partition coefficient (Wildman–Crippen LogP) is 3.01. The third-order valence-corrected chi connectivity index (χ3v) is 4.45. The first kappa shape index (κ1) is 13.4. The molecule has 4 rings (SSSR count). The Kier molecular flexibility index (Phi) is 2.97. The summed E-state index contributed by atoms with van der Waals surface area (Å²) < 4.78 is 3.87. The average Bonchev–Trinajstić information content (AvgIpc) is 3.10. The fraction of sp³-hybridized carbons (Fsp3) is 0.333. The van der Waals surface area contributed by atoms with Crippen LogP contribution in [0.5, 0.6) is 0 Å². The van der Waals surface area contributed by atoms with Crippen LogP contribution in [-0.4, -0.2) is 29.2 Å². The van der Waals surface area contributed by atoms with Gasteiger partial charge in [0.05, 0.1) is 5.69 Å². The van der Waals surface area contributed by atoms with Gasteiger partial charge in [0.25, 0.3) is 0 Å². The van der Waals surface area contributed by atoms with Crippen molar-refractivity contribution in [3.63, 3.8) is 0 Å². The van der Waals surface area contributed by atoms with Gasteiger partial charge in [0.1, 0.15) is 16.3 Å². The number of fused-ring (bicyclic) bond motifs is 2. The number of nitrogens with zero attached hydrogens (tertiary/aromatic N) is 6. The topological polar surface area (TPSA) is 60.4 Å². The molecule has 4 heterocycles. The van der Waals surface area contributed by atoms with Crippen LogP contribution in [0, 0.1) is 12.8 Å². The van der Waals surface area contributed by atoms with Gasteiger partial charge in [0.15, 0.2) is 0 Å². The Bertz CT molecular complexity index is 961. The van der Waals surface area contributed by atoms with Gasteiger partial charge in [-0.25, -0.2) is 4.98 Å². The quantitative estimate of drug-likeness (QED) is 0.583. The van der Waals surface area contributed by atoms with Gasteiger partial charge in [-0.1, -0.05) is 31.3 Å². The van der Waals surface area contributed by atoms with Crippen molar-refractivity contribution < 1.29 is 0 Å². The van der Waals surface area contributed by atoms with E-state index < -0.39 is 0 Å². The Morgan fingerprint density at radius 3 is 2.91 bits per heavy atom. The van der Waals surface area contributed by atoms with Crippen molar-refractivity contribution in [2.24, 2.45) is 5.92 Å². The van der Waals surface area contributed by atoms with Gasteiger partial charge in [-0.15, -0.1) is 10.2 Å². The molecule has 0 radical (unpaired) electrons. The number of aryl methyl sites for hydroxylation is 1. The fourth-order valence-electron chi connectivity index (χ4n) is 2.62. The Morgan fingerprint density at radius 2 is 2.09 bits per heavy atom. The third kappa shape index (κ3) is 2.00. The monoisotopic (exact) mass is 312 g/mol. The van der Waals surface area contributed by atoms with E-state index in [1.807, 2.05) is 40.2 Å². The van der Waals surface area contributed by atoms with E-state index in [2.05, 4.69) is 34.1 Å². The van der Waals surface area contributed by atoms with E-state index in [1.165, 1.54) is 0 Å². The van der Waals surface area contributed by atoms with Crippen molar-refractivity contribution in [2.45, 2.75) is 27.2 Å². The number of hydrogen-bond acceptors (Lipinski definition) is 5. The zero-order valence-corrected chi connectivity index (χ0v) is 13.5. The summed E-state index contributed by atoms with van der Waals surface area (Å²) in [7, 11) is 0. The molecular weight excluding hydrogens is 296 g/mol. The first-order chi connectivity index (χ1) is 10.6. The van der Waals surface area contributed by atoms with Gasteiger partial charge in [0, 0.05) is 12.6 Å². The van der Waals surface area contributed by atoms with Gasteiger partial charge in [-0.05, 0) is 25.0 Å². The summed E-state index contributed by atoms with van der Waals surface area (Å²) in [4.78, 5) is 5.42. The summed E-state index contributed by atoms with van der Waals surface area (Å²) in [6, 6.07) is 5.95. The minimum Gasteiger partial charge on any atom is -0.297 e. The van der Waals surface area contributed by atoms with E-state index in [1.54, 1.807) is 11.3 Å². The molecule has 0 amide bonds. The lowest BCUT2D eigenvalue weighted by Crippen LogP contribution is -1.98. The van der Waals surface area contributed by atoms with Gasteiger partial charge in [0.2, 0.25) is 10.8 Å². The highest BCUT2D eigenvalue weighted by atomic mass is 32.1. The van der Waals surface area contributed by atoms with Gasteiger partial charge < -0.3 is 0 Å². The molecule has 0 N–H and O–H groups in total. The SMILES string of the molecule is Cc1nc2ccccn2c1-c1nnc2sc(CC(C)C)nn12. The molecule has 112 valence electrons. The second-order valence-electron chi connectivity index (χ2n) is 5.79. The number of pyridine rings is 1. The third-order valence-electron chi connectivity index (χ3n) is 3.53. The fourth-order valence-corrected chi connectivity index (χ4v) is 3.66. The summed E-state index contributed by atoms with van der Waals surface area (Å²) in [6.07, 6.45) is 2.95. The van der Waals surface area contributed by atoms with Crippen molar-refractivity contribution in [1.29, 1.82) is 0 Å². The minimum atomic E-state index is 0.574. The van der Waals surface area contributed by atoms with Crippen LogP contribution >= 0.6 is 11.3 Å². The van der Waals surface area contributed by atoms with Crippen molar-refractivity contribution >= 4 is 21.9 Å². The van der Waals surface area contributed by atoms with Gasteiger partial charge in [-0.3, -0.25) is 4.40 Å². The van der Waals surface area contributed by atoms with Crippen LogP contribution in [-0.2, 0) is 6.42 Å². The molecule has 0 spiro atoms. The van der Waals surface area contributed by atoms with Crippen molar-refractivity contribution in [1.82, 2.24) is 29.2 Å². The van der Waals surface area contributed by atoms with Crippen LogP contribution in [0.25, 0.3) is 22.1 Å². The maximum absolute atomic E-state index is 4.69. The Balaban J connectivity index is 1.92. The van der Waals surface area contributed by atoms with Crippen LogP contribution in [0.1, 0.15) is 24.5 Å². The highest BCUT2D eigenvalue weighted by Gasteiger charge is 2.19.